The molecule has 0 spiro atoms. The molecule has 2 heterocycles. The first-order valence-electron chi connectivity index (χ1n) is 8.61. The van der Waals surface area contributed by atoms with Crippen molar-refractivity contribution >= 4 is 34.7 Å². The van der Waals surface area contributed by atoms with Crippen LogP contribution in [-0.4, -0.2) is 43.7 Å². The molecule has 0 radical (unpaired) electrons. The highest BCUT2D eigenvalue weighted by atomic mass is 35.5. The van der Waals surface area contributed by atoms with Gasteiger partial charge >= 0.3 is 11.9 Å². The molecule has 2 aromatic rings. The quantitative estimate of drug-likeness (QED) is 0.293. The fourth-order valence-electron chi connectivity index (χ4n) is 2.57. The molecule has 146 valence electrons. The van der Waals surface area contributed by atoms with Crippen molar-refractivity contribution in [3.8, 4) is 0 Å². The van der Waals surface area contributed by atoms with Gasteiger partial charge < -0.3 is 14.0 Å². The number of hydrogen-bond donors (Lipinski definition) is 0. The van der Waals surface area contributed by atoms with E-state index in [9.17, 15) is 9.59 Å². The molecule has 0 aromatic carbocycles. The first kappa shape index (κ1) is 20.8. The minimum atomic E-state index is -1.11. The van der Waals surface area contributed by atoms with Crippen LogP contribution in [0.15, 0.2) is 25.3 Å². The number of fused-ring (bicyclic) bond motifs is 1. The van der Waals surface area contributed by atoms with Crippen LogP contribution in [0.3, 0.4) is 0 Å². The van der Waals surface area contributed by atoms with Crippen LogP contribution < -0.4 is 0 Å². The van der Waals surface area contributed by atoms with E-state index in [1.54, 1.807) is 38.3 Å². The number of allylic oxidation sites excluding steroid dienone is 1. The Morgan fingerprint density at radius 3 is 2.26 bits per heavy atom. The zero-order valence-corrected chi connectivity index (χ0v) is 16.5. The summed E-state index contributed by atoms with van der Waals surface area (Å²) in [6.45, 7) is 10.7. The molecule has 0 bridgehead atoms. The van der Waals surface area contributed by atoms with Crippen LogP contribution in [0.2, 0.25) is 5.15 Å². The molecule has 0 aliphatic carbocycles. The Morgan fingerprint density at radius 1 is 1.15 bits per heavy atom. The fraction of sp³-hybridized carbons (Fsp3) is 0.500. The predicted octanol–water partition coefficient (Wildman–Crippen LogP) is 3.12. The highest BCUT2D eigenvalue weighted by molar-refractivity contribution is 6.33. The third-order valence-electron chi connectivity index (χ3n) is 3.70. The van der Waals surface area contributed by atoms with Crippen molar-refractivity contribution < 1.29 is 19.1 Å². The minimum Gasteiger partial charge on any atom is -0.462 e. The van der Waals surface area contributed by atoms with Crippen LogP contribution >= 0.6 is 11.6 Å². The number of esters is 2. The Labute approximate surface area is 162 Å². The molecule has 2 rings (SSSR count). The van der Waals surface area contributed by atoms with Crippen molar-refractivity contribution in [1.29, 1.82) is 0 Å². The predicted molar refractivity (Wildman–Crippen MR) is 100 cm³/mol. The van der Waals surface area contributed by atoms with Crippen molar-refractivity contribution in [2.24, 2.45) is 5.92 Å². The standard InChI is InChI=1S/C18H23ClN4O4/c1-6-12(23-9-22-16-14(23)15(19)20-8-21-16)7-13(17(24)26-10(2)3)18(25)27-11(4)5/h6,8-13H,1,7H2,2-5H3. The minimum absolute atomic E-state index is 0.0806. The van der Waals surface area contributed by atoms with Gasteiger partial charge in [-0.05, 0) is 34.1 Å². The third kappa shape index (κ3) is 5.03. The van der Waals surface area contributed by atoms with Crippen LogP contribution in [0.4, 0.5) is 0 Å². The van der Waals surface area contributed by atoms with Crippen LogP contribution in [0.5, 0.6) is 0 Å². The van der Waals surface area contributed by atoms with Gasteiger partial charge in [-0.3, -0.25) is 9.59 Å². The summed E-state index contributed by atoms with van der Waals surface area (Å²) in [6.07, 6.45) is 3.81. The van der Waals surface area contributed by atoms with E-state index in [4.69, 9.17) is 21.1 Å². The Balaban J connectivity index is 2.36. The van der Waals surface area contributed by atoms with E-state index in [2.05, 4.69) is 21.5 Å². The summed E-state index contributed by atoms with van der Waals surface area (Å²) in [7, 11) is 0. The molecule has 1 unspecified atom stereocenters. The Morgan fingerprint density at radius 2 is 1.74 bits per heavy atom. The monoisotopic (exact) mass is 394 g/mol. The number of aromatic nitrogens is 4. The number of carbonyl (C=O) groups excluding carboxylic acids is 2. The van der Waals surface area contributed by atoms with Crippen molar-refractivity contribution in [3.05, 3.63) is 30.5 Å². The Hall–Kier alpha value is -2.48. The molecule has 0 aliphatic rings. The van der Waals surface area contributed by atoms with Gasteiger partial charge in [0.1, 0.15) is 11.8 Å². The van der Waals surface area contributed by atoms with Crippen LogP contribution in [0, 0.1) is 5.92 Å². The SMILES string of the molecule is C=CC(CC(C(=O)OC(C)C)C(=O)OC(C)C)n1cnc2ncnc(Cl)c21. The largest absolute Gasteiger partial charge is 0.462 e. The Kier molecular flexibility index (Phi) is 6.90. The van der Waals surface area contributed by atoms with Gasteiger partial charge in [-0.1, -0.05) is 17.7 Å². The summed E-state index contributed by atoms with van der Waals surface area (Å²) in [5.41, 5.74) is 0.908. The summed E-state index contributed by atoms with van der Waals surface area (Å²) in [5, 5.41) is 0.218. The second-order valence-corrected chi connectivity index (χ2v) is 6.91. The highest BCUT2D eigenvalue weighted by Crippen LogP contribution is 2.28. The number of hydrogen-bond acceptors (Lipinski definition) is 7. The number of halogens is 1. The Bertz CT molecular complexity index is 812. The smallest absolute Gasteiger partial charge is 0.320 e. The normalized spacial score (nSPS) is 12.6. The van der Waals surface area contributed by atoms with Crippen molar-refractivity contribution in [2.45, 2.75) is 52.4 Å². The lowest BCUT2D eigenvalue weighted by Crippen LogP contribution is -2.33. The van der Waals surface area contributed by atoms with Gasteiger partial charge in [-0.15, -0.1) is 6.58 Å². The van der Waals surface area contributed by atoms with Gasteiger partial charge in [-0.2, -0.15) is 0 Å². The second kappa shape index (κ2) is 8.94. The summed E-state index contributed by atoms with van der Waals surface area (Å²) >= 11 is 6.17. The van der Waals surface area contributed by atoms with Gasteiger partial charge in [-0.25, -0.2) is 15.0 Å². The van der Waals surface area contributed by atoms with Gasteiger partial charge in [0.2, 0.25) is 0 Å². The molecule has 0 aliphatic heterocycles. The first-order valence-corrected chi connectivity index (χ1v) is 8.99. The van der Waals surface area contributed by atoms with Crippen LogP contribution in [0.25, 0.3) is 11.2 Å². The first-order chi connectivity index (χ1) is 12.7. The highest BCUT2D eigenvalue weighted by Gasteiger charge is 2.34. The molecular formula is C18H23ClN4O4. The lowest BCUT2D eigenvalue weighted by Gasteiger charge is -2.22. The third-order valence-corrected chi connectivity index (χ3v) is 3.98. The topological polar surface area (TPSA) is 96.2 Å². The molecule has 27 heavy (non-hydrogen) atoms. The lowest BCUT2D eigenvalue weighted by molar-refractivity contribution is -0.167. The average molecular weight is 395 g/mol. The van der Waals surface area contributed by atoms with E-state index in [-0.39, 0.29) is 23.8 Å². The molecule has 8 nitrogen and oxygen atoms in total. The summed E-state index contributed by atoms with van der Waals surface area (Å²) in [4.78, 5) is 37.2. The molecule has 9 heteroatoms. The maximum absolute atomic E-state index is 12.5. The van der Waals surface area contributed by atoms with E-state index in [1.165, 1.54) is 12.7 Å². The molecule has 1 atom stereocenters. The zero-order chi connectivity index (χ0) is 20.1. The van der Waals surface area contributed by atoms with Gasteiger partial charge in [0.25, 0.3) is 0 Å². The molecule has 0 N–H and O–H groups in total. The molecule has 0 saturated heterocycles. The molecule has 2 aromatic heterocycles. The number of carbonyl (C=O) groups is 2. The van der Waals surface area contributed by atoms with Crippen molar-refractivity contribution in [3.63, 3.8) is 0 Å². The van der Waals surface area contributed by atoms with Gasteiger partial charge in [0.05, 0.1) is 24.6 Å². The number of rotatable bonds is 8. The van der Waals surface area contributed by atoms with Crippen molar-refractivity contribution in [2.75, 3.05) is 0 Å². The van der Waals surface area contributed by atoms with E-state index < -0.39 is 23.9 Å². The number of imidazole rings is 1. The summed E-state index contributed by atoms with van der Waals surface area (Å²) in [6, 6.07) is -0.470. The van der Waals surface area contributed by atoms with Crippen LogP contribution in [0.1, 0.15) is 40.2 Å². The molecule has 0 saturated carbocycles. The zero-order valence-electron chi connectivity index (χ0n) is 15.8. The van der Waals surface area contributed by atoms with E-state index in [1.807, 2.05) is 0 Å². The van der Waals surface area contributed by atoms with Gasteiger partial charge in [0.15, 0.2) is 16.7 Å². The molecule has 0 fully saturated rings. The molecular weight excluding hydrogens is 372 g/mol. The van der Waals surface area contributed by atoms with E-state index >= 15 is 0 Å². The molecule has 0 amide bonds. The van der Waals surface area contributed by atoms with Crippen LogP contribution in [-0.2, 0) is 19.1 Å². The summed E-state index contributed by atoms with van der Waals surface area (Å²) < 4.78 is 12.2. The average Bonchev–Trinajstić information content (AvgIpc) is 2.99. The fourth-order valence-corrected chi connectivity index (χ4v) is 2.80. The van der Waals surface area contributed by atoms with E-state index in [0.717, 1.165) is 0 Å². The maximum Gasteiger partial charge on any atom is 0.320 e. The summed E-state index contributed by atoms with van der Waals surface area (Å²) in [5.74, 6) is -2.40. The lowest BCUT2D eigenvalue weighted by atomic mass is 9.99. The maximum atomic E-state index is 12.5. The number of nitrogens with zero attached hydrogens (tertiary/aromatic N) is 4. The second-order valence-electron chi connectivity index (χ2n) is 6.55. The number of ether oxygens (including phenoxy) is 2. The van der Waals surface area contributed by atoms with Gasteiger partial charge in [0, 0.05) is 0 Å². The van der Waals surface area contributed by atoms with Crippen molar-refractivity contribution in [1.82, 2.24) is 19.5 Å². The van der Waals surface area contributed by atoms with E-state index in [0.29, 0.717) is 11.2 Å².